The Balaban J connectivity index is 1.71. The Morgan fingerprint density at radius 1 is 1.04 bits per heavy atom. The molecule has 0 heterocycles. The summed E-state index contributed by atoms with van der Waals surface area (Å²) in [5.74, 6) is 1.45. The summed E-state index contributed by atoms with van der Waals surface area (Å²) < 4.78 is 5.12. The van der Waals surface area contributed by atoms with E-state index in [4.69, 9.17) is 29.2 Å². The van der Waals surface area contributed by atoms with Crippen LogP contribution in [-0.2, 0) is 0 Å². The second kappa shape index (κ2) is 8.88. The maximum absolute atomic E-state index is 5.31. The molecule has 0 amide bonds. The van der Waals surface area contributed by atoms with E-state index >= 15 is 0 Å². The molecule has 4 N–H and O–H groups in total. The van der Waals surface area contributed by atoms with Crippen LogP contribution in [0.25, 0.3) is 0 Å². The van der Waals surface area contributed by atoms with E-state index in [9.17, 15) is 0 Å². The van der Waals surface area contributed by atoms with Crippen LogP contribution in [0.2, 0.25) is 0 Å². The monoisotopic (exact) mass is 352 g/mol. The average molecular weight is 353 g/mol. The lowest BCUT2D eigenvalue weighted by molar-refractivity contribution is 0.308. The lowest BCUT2D eigenvalue weighted by Gasteiger charge is -2.30. The Labute approximate surface area is 148 Å². The van der Waals surface area contributed by atoms with E-state index in [0.29, 0.717) is 22.2 Å². The van der Waals surface area contributed by atoms with Gasteiger partial charge in [0.2, 0.25) is 0 Å². The molecule has 7 heteroatoms. The molecule has 1 aliphatic carbocycles. The van der Waals surface area contributed by atoms with Gasteiger partial charge in [-0.05, 0) is 67.5 Å². The molecule has 0 unspecified atom stereocenters. The number of thiocarbonyl (C=S) groups is 2. The predicted octanol–water partition coefficient (Wildman–Crippen LogP) is 2.94. The fourth-order valence-electron chi connectivity index (χ4n) is 2.69. The molecule has 2 atom stereocenters. The van der Waals surface area contributed by atoms with Crippen LogP contribution in [0.4, 0.5) is 5.69 Å². The van der Waals surface area contributed by atoms with Crippen LogP contribution in [0.3, 0.4) is 0 Å². The highest BCUT2D eigenvalue weighted by molar-refractivity contribution is 7.80. The van der Waals surface area contributed by atoms with Gasteiger partial charge in [-0.1, -0.05) is 19.8 Å². The number of anilines is 1. The highest BCUT2D eigenvalue weighted by Gasteiger charge is 2.21. The molecular formula is C16H24N4OS2. The first-order valence-electron chi connectivity index (χ1n) is 7.86. The molecule has 0 aliphatic heterocycles. The summed E-state index contributed by atoms with van der Waals surface area (Å²) in [6.07, 6.45) is 4.99. The summed E-state index contributed by atoms with van der Waals surface area (Å²) >= 11 is 10.6. The summed E-state index contributed by atoms with van der Waals surface area (Å²) in [7, 11) is 1.64. The Morgan fingerprint density at radius 3 is 2.35 bits per heavy atom. The molecule has 1 aromatic rings. The van der Waals surface area contributed by atoms with Gasteiger partial charge >= 0.3 is 0 Å². The third-order valence-corrected chi connectivity index (χ3v) is 4.49. The van der Waals surface area contributed by atoms with E-state index < -0.39 is 0 Å². The number of benzene rings is 1. The molecule has 0 spiro atoms. The number of hydrogen-bond donors (Lipinski definition) is 4. The summed E-state index contributed by atoms with van der Waals surface area (Å²) in [6.45, 7) is 2.27. The van der Waals surface area contributed by atoms with Crippen LogP contribution in [0.15, 0.2) is 24.3 Å². The van der Waals surface area contributed by atoms with E-state index in [1.54, 1.807) is 7.11 Å². The smallest absolute Gasteiger partial charge is 0.189 e. The first-order valence-corrected chi connectivity index (χ1v) is 8.67. The summed E-state index contributed by atoms with van der Waals surface area (Å²) in [6, 6.07) is 7.97. The number of hydrogen-bond acceptors (Lipinski definition) is 3. The maximum Gasteiger partial charge on any atom is 0.189 e. The molecule has 0 radical (unpaired) electrons. The number of nitrogens with one attached hydrogen (secondary N) is 4. The minimum absolute atomic E-state index is 0.439. The third-order valence-electron chi connectivity index (χ3n) is 4.07. The van der Waals surface area contributed by atoms with Crippen molar-refractivity contribution in [3.63, 3.8) is 0 Å². The zero-order valence-electron chi connectivity index (χ0n) is 13.5. The maximum atomic E-state index is 5.31. The summed E-state index contributed by atoms with van der Waals surface area (Å²) in [5.41, 5.74) is 6.71. The zero-order valence-corrected chi connectivity index (χ0v) is 15.2. The molecule has 0 aromatic heterocycles. The summed E-state index contributed by atoms with van der Waals surface area (Å²) in [5, 5.41) is 7.46. The van der Waals surface area contributed by atoms with Gasteiger partial charge in [0.1, 0.15) is 5.75 Å². The van der Waals surface area contributed by atoms with Crippen molar-refractivity contribution in [2.24, 2.45) is 5.92 Å². The van der Waals surface area contributed by atoms with Gasteiger partial charge in [0.05, 0.1) is 7.11 Å². The van der Waals surface area contributed by atoms with Crippen molar-refractivity contribution in [2.75, 3.05) is 12.4 Å². The van der Waals surface area contributed by atoms with Gasteiger partial charge in [0.15, 0.2) is 10.2 Å². The largest absolute Gasteiger partial charge is 0.497 e. The molecule has 1 saturated carbocycles. The Morgan fingerprint density at radius 2 is 1.70 bits per heavy atom. The van der Waals surface area contributed by atoms with Gasteiger partial charge in [0.25, 0.3) is 0 Å². The average Bonchev–Trinajstić information content (AvgIpc) is 2.56. The van der Waals surface area contributed by atoms with Crippen molar-refractivity contribution in [2.45, 2.75) is 38.6 Å². The molecule has 0 saturated heterocycles. The highest BCUT2D eigenvalue weighted by atomic mass is 32.1. The van der Waals surface area contributed by atoms with Crippen LogP contribution in [0.5, 0.6) is 5.75 Å². The van der Waals surface area contributed by atoms with Crippen molar-refractivity contribution < 1.29 is 4.74 Å². The SMILES string of the molecule is COc1ccc(NC(=S)NNC(=S)N[C@@H]2CCCC[C@@H]2C)cc1. The van der Waals surface area contributed by atoms with Crippen molar-refractivity contribution >= 4 is 40.3 Å². The van der Waals surface area contributed by atoms with Gasteiger partial charge in [-0.2, -0.15) is 0 Å². The first-order chi connectivity index (χ1) is 11.1. The first kappa shape index (κ1) is 17.7. The lowest BCUT2D eigenvalue weighted by Crippen LogP contribution is -2.52. The van der Waals surface area contributed by atoms with Gasteiger partial charge in [-0.3, -0.25) is 10.9 Å². The van der Waals surface area contributed by atoms with Crippen LogP contribution in [0.1, 0.15) is 32.6 Å². The predicted molar refractivity (Wildman–Crippen MR) is 103 cm³/mol. The molecule has 5 nitrogen and oxygen atoms in total. The molecule has 2 rings (SSSR count). The van der Waals surface area contributed by atoms with Crippen LogP contribution in [-0.4, -0.2) is 23.4 Å². The molecule has 23 heavy (non-hydrogen) atoms. The van der Waals surface area contributed by atoms with Crippen molar-refractivity contribution in [1.29, 1.82) is 0 Å². The number of ether oxygens (including phenoxy) is 1. The van der Waals surface area contributed by atoms with E-state index in [1.807, 2.05) is 24.3 Å². The number of methoxy groups -OCH3 is 1. The van der Waals surface area contributed by atoms with Gasteiger partial charge in [-0.15, -0.1) is 0 Å². The Bertz CT molecular complexity index is 535. The van der Waals surface area contributed by atoms with E-state index in [2.05, 4.69) is 28.4 Å². The van der Waals surface area contributed by atoms with E-state index in [1.165, 1.54) is 19.3 Å². The quantitative estimate of drug-likeness (QED) is 0.493. The van der Waals surface area contributed by atoms with Crippen molar-refractivity contribution in [3.8, 4) is 5.75 Å². The fourth-order valence-corrected chi connectivity index (χ4v) is 3.06. The van der Waals surface area contributed by atoms with Crippen molar-refractivity contribution in [1.82, 2.24) is 16.2 Å². The summed E-state index contributed by atoms with van der Waals surface area (Å²) in [4.78, 5) is 0. The molecule has 1 aromatic carbocycles. The van der Waals surface area contributed by atoms with E-state index in [-0.39, 0.29) is 0 Å². The Kier molecular flexibility index (Phi) is 6.85. The lowest BCUT2D eigenvalue weighted by atomic mass is 9.86. The van der Waals surface area contributed by atoms with E-state index in [0.717, 1.165) is 17.9 Å². The minimum atomic E-state index is 0.439. The normalized spacial score (nSPS) is 20.3. The number of rotatable bonds is 3. The van der Waals surface area contributed by atoms with Gasteiger partial charge in [0, 0.05) is 11.7 Å². The van der Waals surface area contributed by atoms with Gasteiger partial charge in [-0.25, -0.2) is 0 Å². The fraction of sp³-hybridized carbons (Fsp3) is 0.500. The second-order valence-corrected chi connectivity index (χ2v) is 6.59. The minimum Gasteiger partial charge on any atom is -0.497 e. The van der Waals surface area contributed by atoms with Gasteiger partial charge < -0.3 is 15.4 Å². The standard InChI is InChI=1S/C16H24N4OS2/c1-11-5-3-4-6-14(11)18-16(23)20-19-15(22)17-12-7-9-13(21-2)10-8-12/h7-11,14H,3-6H2,1-2H3,(H2,17,19,22)(H2,18,20,23)/t11-,14+/m0/s1. The molecule has 126 valence electrons. The van der Waals surface area contributed by atoms with Crippen LogP contribution >= 0.6 is 24.4 Å². The Hall–Kier alpha value is -1.60. The van der Waals surface area contributed by atoms with Crippen molar-refractivity contribution in [3.05, 3.63) is 24.3 Å². The second-order valence-electron chi connectivity index (χ2n) is 5.77. The topological polar surface area (TPSA) is 57.4 Å². The highest BCUT2D eigenvalue weighted by Crippen LogP contribution is 2.23. The van der Waals surface area contributed by atoms with Crippen LogP contribution in [0, 0.1) is 5.92 Å². The molecule has 0 bridgehead atoms. The molecular weight excluding hydrogens is 328 g/mol. The molecule has 1 fully saturated rings. The number of hydrazine groups is 1. The molecule has 1 aliphatic rings. The third kappa shape index (κ3) is 5.84. The zero-order chi connectivity index (χ0) is 16.7. The van der Waals surface area contributed by atoms with Crippen LogP contribution < -0.4 is 26.2 Å².